The Bertz CT molecular complexity index is 587. The van der Waals surface area contributed by atoms with Crippen LogP contribution in [-0.4, -0.2) is 33.6 Å². The summed E-state index contributed by atoms with van der Waals surface area (Å²) in [6, 6.07) is 6.82. The zero-order valence-electron chi connectivity index (χ0n) is 11.8. The molecule has 0 spiro atoms. The lowest BCUT2D eigenvalue weighted by atomic mass is 10.2. The molecule has 1 aliphatic rings. The van der Waals surface area contributed by atoms with Crippen molar-refractivity contribution in [2.45, 2.75) is 39.3 Å². The minimum absolute atomic E-state index is 0.601. The number of anilines is 1. The smallest absolute Gasteiger partial charge is 0.201 e. The molecule has 1 unspecified atom stereocenters. The van der Waals surface area contributed by atoms with Crippen LogP contribution >= 0.6 is 0 Å². The van der Waals surface area contributed by atoms with Crippen molar-refractivity contribution in [1.82, 2.24) is 14.5 Å². The highest BCUT2D eigenvalue weighted by atomic mass is 15.2. The molecule has 1 atom stereocenters. The first-order valence-electron chi connectivity index (χ1n) is 7.16. The summed E-state index contributed by atoms with van der Waals surface area (Å²) in [7, 11) is 0. The molecule has 3 rings (SSSR count). The largest absolute Gasteiger partial charge is 0.369 e. The number of likely N-dealkylation sites (tertiary alicyclic amines) is 1. The average Bonchev–Trinajstić information content (AvgIpc) is 2.96. The second-order valence-corrected chi connectivity index (χ2v) is 5.45. The minimum Gasteiger partial charge on any atom is -0.369 e. The Morgan fingerprint density at radius 2 is 2.26 bits per heavy atom. The van der Waals surface area contributed by atoms with Gasteiger partial charge in [-0.2, -0.15) is 0 Å². The van der Waals surface area contributed by atoms with E-state index in [1.54, 1.807) is 0 Å². The van der Waals surface area contributed by atoms with Gasteiger partial charge in [0.2, 0.25) is 5.95 Å². The number of benzene rings is 1. The number of para-hydroxylation sites is 1. The lowest BCUT2D eigenvalue weighted by molar-refractivity contribution is 0.246. The van der Waals surface area contributed by atoms with E-state index in [-0.39, 0.29) is 0 Å². The van der Waals surface area contributed by atoms with Gasteiger partial charge in [0.05, 0.1) is 11.0 Å². The van der Waals surface area contributed by atoms with Crippen LogP contribution in [0, 0.1) is 6.92 Å². The summed E-state index contributed by atoms with van der Waals surface area (Å²) >= 11 is 0. The van der Waals surface area contributed by atoms with E-state index in [4.69, 9.17) is 5.73 Å². The predicted molar refractivity (Wildman–Crippen MR) is 79.2 cm³/mol. The molecule has 2 aromatic rings. The third-order valence-corrected chi connectivity index (χ3v) is 4.30. The summed E-state index contributed by atoms with van der Waals surface area (Å²) in [5.74, 6) is 0.646. The summed E-state index contributed by atoms with van der Waals surface area (Å²) in [6.07, 6.45) is 2.56. The molecule has 0 amide bonds. The van der Waals surface area contributed by atoms with Crippen LogP contribution in [0.4, 0.5) is 5.95 Å². The lowest BCUT2D eigenvalue weighted by Gasteiger charge is -2.24. The lowest BCUT2D eigenvalue weighted by Crippen LogP contribution is -2.33. The number of nitrogens with two attached hydrogens (primary N) is 1. The van der Waals surface area contributed by atoms with Crippen molar-refractivity contribution in [2.75, 3.05) is 18.8 Å². The number of aromatic nitrogens is 2. The maximum Gasteiger partial charge on any atom is 0.201 e. The van der Waals surface area contributed by atoms with E-state index in [0.29, 0.717) is 12.0 Å². The van der Waals surface area contributed by atoms with Gasteiger partial charge in [-0.25, -0.2) is 4.98 Å². The second kappa shape index (κ2) is 4.85. The Kier molecular flexibility index (Phi) is 3.19. The van der Waals surface area contributed by atoms with Crippen molar-refractivity contribution in [1.29, 1.82) is 0 Å². The highest BCUT2D eigenvalue weighted by Gasteiger charge is 2.24. The molecule has 1 aliphatic heterocycles. The molecule has 1 fully saturated rings. The van der Waals surface area contributed by atoms with Crippen molar-refractivity contribution in [3.05, 3.63) is 23.8 Å². The summed E-state index contributed by atoms with van der Waals surface area (Å²) in [4.78, 5) is 7.03. The first-order chi connectivity index (χ1) is 9.20. The number of fused-ring (bicyclic) bond motifs is 1. The molecule has 102 valence electrons. The van der Waals surface area contributed by atoms with Crippen molar-refractivity contribution in [2.24, 2.45) is 0 Å². The minimum atomic E-state index is 0.601. The van der Waals surface area contributed by atoms with Gasteiger partial charge in [0.1, 0.15) is 0 Å². The van der Waals surface area contributed by atoms with Crippen LogP contribution in [0.5, 0.6) is 0 Å². The topological polar surface area (TPSA) is 47.1 Å². The van der Waals surface area contributed by atoms with Crippen LogP contribution in [0.2, 0.25) is 0 Å². The van der Waals surface area contributed by atoms with Crippen molar-refractivity contribution in [3.63, 3.8) is 0 Å². The predicted octanol–water partition coefficient (Wildman–Crippen LogP) is 2.41. The Morgan fingerprint density at radius 1 is 1.42 bits per heavy atom. The van der Waals surface area contributed by atoms with E-state index < -0.39 is 0 Å². The summed E-state index contributed by atoms with van der Waals surface area (Å²) in [5, 5.41) is 0. The molecule has 4 heteroatoms. The van der Waals surface area contributed by atoms with Gasteiger partial charge in [-0.1, -0.05) is 19.1 Å². The molecular formula is C15H22N4. The number of hydrogen-bond donors (Lipinski definition) is 1. The van der Waals surface area contributed by atoms with Crippen LogP contribution in [0.1, 0.15) is 25.3 Å². The van der Waals surface area contributed by atoms with Gasteiger partial charge in [0.15, 0.2) is 0 Å². The van der Waals surface area contributed by atoms with Gasteiger partial charge in [-0.3, -0.25) is 4.90 Å². The average molecular weight is 258 g/mol. The molecule has 4 nitrogen and oxygen atoms in total. The molecule has 0 saturated carbocycles. The fourth-order valence-corrected chi connectivity index (χ4v) is 3.30. The summed E-state index contributed by atoms with van der Waals surface area (Å²) in [5.41, 5.74) is 9.58. The second-order valence-electron chi connectivity index (χ2n) is 5.45. The van der Waals surface area contributed by atoms with Crippen LogP contribution in [-0.2, 0) is 6.54 Å². The maximum atomic E-state index is 6.12. The van der Waals surface area contributed by atoms with Crippen molar-refractivity contribution >= 4 is 17.0 Å². The maximum absolute atomic E-state index is 6.12. The molecule has 0 bridgehead atoms. The first-order valence-corrected chi connectivity index (χ1v) is 7.16. The Hall–Kier alpha value is -1.55. The number of nitrogens with zero attached hydrogens (tertiary/aromatic N) is 3. The molecule has 1 aromatic heterocycles. The zero-order valence-corrected chi connectivity index (χ0v) is 11.8. The van der Waals surface area contributed by atoms with Gasteiger partial charge >= 0.3 is 0 Å². The zero-order chi connectivity index (χ0) is 13.4. The number of hydrogen-bond acceptors (Lipinski definition) is 3. The van der Waals surface area contributed by atoms with Gasteiger partial charge in [-0.05, 0) is 44.5 Å². The van der Waals surface area contributed by atoms with E-state index in [1.807, 2.05) is 12.1 Å². The van der Waals surface area contributed by atoms with E-state index in [0.717, 1.165) is 18.6 Å². The van der Waals surface area contributed by atoms with Crippen LogP contribution in [0.25, 0.3) is 11.0 Å². The Labute approximate surface area is 114 Å². The van der Waals surface area contributed by atoms with E-state index in [2.05, 4.69) is 34.4 Å². The highest BCUT2D eigenvalue weighted by molar-refractivity contribution is 5.81. The van der Waals surface area contributed by atoms with Gasteiger partial charge in [0.25, 0.3) is 0 Å². The molecule has 0 aliphatic carbocycles. The van der Waals surface area contributed by atoms with Gasteiger partial charge in [-0.15, -0.1) is 0 Å². The van der Waals surface area contributed by atoms with Crippen LogP contribution in [0.3, 0.4) is 0 Å². The molecule has 1 aromatic carbocycles. The number of likely N-dealkylation sites (N-methyl/N-ethyl adjacent to an activating group) is 1. The standard InChI is InChI=1S/C15H22N4/c1-3-18-9-5-7-12(18)10-19-14-11(2)6-4-8-13(14)17-15(19)16/h4,6,8,12H,3,5,7,9-10H2,1-2H3,(H2,16,17). The Morgan fingerprint density at radius 3 is 3.05 bits per heavy atom. The monoisotopic (exact) mass is 258 g/mol. The normalized spacial score (nSPS) is 20.4. The molecule has 1 saturated heterocycles. The van der Waals surface area contributed by atoms with Crippen LogP contribution < -0.4 is 5.73 Å². The SMILES string of the molecule is CCN1CCCC1Cn1c(N)nc2cccc(C)c21. The van der Waals surface area contributed by atoms with Crippen LogP contribution in [0.15, 0.2) is 18.2 Å². The fraction of sp³-hybridized carbons (Fsp3) is 0.533. The Balaban J connectivity index is 1.98. The van der Waals surface area contributed by atoms with Crippen molar-refractivity contribution in [3.8, 4) is 0 Å². The number of imidazole rings is 1. The van der Waals surface area contributed by atoms with E-state index in [9.17, 15) is 0 Å². The molecule has 2 N–H and O–H groups in total. The van der Waals surface area contributed by atoms with Gasteiger partial charge < -0.3 is 10.3 Å². The summed E-state index contributed by atoms with van der Waals surface area (Å²) < 4.78 is 2.20. The van der Waals surface area contributed by atoms with Gasteiger partial charge in [0, 0.05) is 12.6 Å². The molecule has 19 heavy (non-hydrogen) atoms. The number of rotatable bonds is 3. The third kappa shape index (κ3) is 2.10. The third-order valence-electron chi connectivity index (χ3n) is 4.30. The highest BCUT2D eigenvalue weighted by Crippen LogP contribution is 2.25. The molecule has 0 radical (unpaired) electrons. The fourth-order valence-electron chi connectivity index (χ4n) is 3.30. The quantitative estimate of drug-likeness (QED) is 0.919. The molecular weight excluding hydrogens is 236 g/mol. The van der Waals surface area contributed by atoms with E-state index in [1.165, 1.54) is 30.5 Å². The number of nitrogen functional groups attached to an aromatic ring is 1. The number of aryl methyl sites for hydroxylation is 1. The van der Waals surface area contributed by atoms with Crippen molar-refractivity contribution < 1.29 is 0 Å². The summed E-state index contributed by atoms with van der Waals surface area (Å²) in [6.45, 7) is 7.66. The van der Waals surface area contributed by atoms with E-state index >= 15 is 0 Å². The molecule has 2 heterocycles. The first kappa shape index (κ1) is 12.5.